The summed E-state index contributed by atoms with van der Waals surface area (Å²) in [4.78, 5) is 12.6. The van der Waals surface area contributed by atoms with E-state index < -0.39 is 0 Å². The summed E-state index contributed by atoms with van der Waals surface area (Å²) in [5, 5.41) is 5.38. The number of hydrazine groups is 1. The first-order valence-electron chi connectivity index (χ1n) is 6.20. The van der Waals surface area contributed by atoms with Crippen LogP contribution in [0, 0.1) is 0 Å². The van der Waals surface area contributed by atoms with Crippen molar-refractivity contribution in [3.63, 3.8) is 0 Å². The number of hydrogen-bond donors (Lipinski definition) is 3. The normalized spacial score (nSPS) is 18.0. The zero-order valence-corrected chi connectivity index (χ0v) is 12.1. The Morgan fingerprint density at radius 1 is 1.53 bits per heavy atom. The van der Waals surface area contributed by atoms with Gasteiger partial charge in [0.15, 0.2) is 5.11 Å². The summed E-state index contributed by atoms with van der Waals surface area (Å²) < 4.78 is 5.46. The molecule has 3 N–H and O–H groups in total. The molecule has 1 aromatic rings. The largest absolute Gasteiger partial charge is 0.376 e. The van der Waals surface area contributed by atoms with Gasteiger partial charge in [0.25, 0.3) is 0 Å². The number of carbonyl (C=O) groups excluding carboxylic acids is 1. The molecule has 1 saturated heterocycles. The average Bonchev–Trinajstić information content (AvgIpc) is 3.06. The van der Waals surface area contributed by atoms with Crippen molar-refractivity contribution in [3.05, 3.63) is 22.4 Å². The van der Waals surface area contributed by atoms with E-state index in [1.54, 1.807) is 11.3 Å². The topological polar surface area (TPSA) is 62.4 Å². The predicted molar refractivity (Wildman–Crippen MR) is 78.9 cm³/mol. The lowest BCUT2D eigenvalue weighted by Gasteiger charge is -2.14. The van der Waals surface area contributed by atoms with Crippen LogP contribution in [0.1, 0.15) is 17.7 Å². The summed E-state index contributed by atoms with van der Waals surface area (Å²) in [6.07, 6.45) is 2.74. The Morgan fingerprint density at radius 3 is 3.11 bits per heavy atom. The maximum Gasteiger partial charge on any atom is 0.243 e. The first kappa shape index (κ1) is 14.2. The second kappa shape index (κ2) is 7.42. The molecule has 0 unspecified atom stereocenters. The van der Waals surface area contributed by atoms with E-state index >= 15 is 0 Å². The predicted octanol–water partition coefficient (Wildman–Crippen LogP) is 0.965. The molecule has 2 heterocycles. The van der Waals surface area contributed by atoms with E-state index in [0.29, 0.717) is 18.1 Å². The molecule has 0 saturated carbocycles. The Balaban J connectivity index is 1.58. The maximum atomic E-state index is 11.6. The zero-order valence-electron chi connectivity index (χ0n) is 10.5. The smallest absolute Gasteiger partial charge is 0.243 e. The molecule has 19 heavy (non-hydrogen) atoms. The van der Waals surface area contributed by atoms with Gasteiger partial charge in [-0.25, -0.2) is 0 Å². The summed E-state index contributed by atoms with van der Waals surface area (Å²) in [5.41, 5.74) is 5.26. The Hall–Kier alpha value is -1.18. The van der Waals surface area contributed by atoms with Crippen molar-refractivity contribution >= 4 is 34.6 Å². The van der Waals surface area contributed by atoms with Crippen molar-refractivity contribution in [3.8, 4) is 0 Å². The van der Waals surface area contributed by atoms with Gasteiger partial charge in [-0.1, -0.05) is 6.07 Å². The Kier molecular flexibility index (Phi) is 5.56. The van der Waals surface area contributed by atoms with Crippen molar-refractivity contribution in [2.75, 3.05) is 13.2 Å². The average molecular weight is 299 g/mol. The van der Waals surface area contributed by atoms with Gasteiger partial charge >= 0.3 is 0 Å². The molecule has 5 nitrogen and oxygen atoms in total. The van der Waals surface area contributed by atoms with Crippen LogP contribution in [-0.4, -0.2) is 30.3 Å². The van der Waals surface area contributed by atoms with Crippen molar-refractivity contribution in [1.29, 1.82) is 0 Å². The number of nitrogens with one attached hydrogen (secondary N) is 3. The minimum absolute atomic E-state index is 0.108. The summed E-state index contributed by atoms with van der Waals surface area (Å²) >= 11 is 6.62. The van der Waals surface area contributed by atoms with E-state index in [9.17, 15) is 4.79 Å². The molecular weight excluding hydrogens is 282 g/mol. The van der Waals surface area contributed by atoms with Crippen molar-refractivity contribution < 1.29 is 9.53 Å². The fraction of sp³-hybridized carbons (Fsp3) is 0.500. The SMILES string of the molecule is O=C(Cc1cccs1)NNC(=S)NC[C@@H]1CCCO1. The maximum absolute atomic E-state index is 11.6. The molecular formula is C12H17N3O2S2. The van der Waals surface area contributed by atoms with E-state index in [2.05, 4.69) is 16.2 Å². The van der Waals surface area contributed by atoms with Gasteiger partial charge in [0.1, 0.15) is 0 Å². The summed E-state index contributed by atoms with van der Waals surface area (Å²) in [5.74, 6) is -0.108. The highest BCUT2D eigenvalue weighted by molar-refractivity contribution is 7.80. The Morgan fingerprint density at radius 2 is 2.42 bits per heavy atom. The molecule has 0 aromatic carbocycles. The first-order valence-corrected chi connectivity index (χ1v) is 7.49. The van der Waals surface area contributed by atoms with Gasteiger partial charge < -0.3 is 10.1 Å². The second-order valence-electron chi connectivity index (χ2n) is 4.27. The molecule has 1 fully saturated rings. The van der Waals surface area contributed by atoms with Crippen LogP contribution in [0.3, 0.4) is 0 Å². The standard InChI is InChI=1S/C12H17N3O2S2/c16-11(7-10-4-2-6-19-10)14-15-12(18)13-8-9-3-1-5-17-9/h2,4,6,9H,1,3,5,7-8H2,(H,14,16)(H2,13,15,18)/t9-/m0/s1. The van der Waals surface area contributed by atoms with Crippen molar-refractivity contribution in [2.45, 2.75) is 25.4 Å². The van der Waals surface area contributed by atoms with E-state index in [4.69, 9.17) is 17.0 Å². The van der Waals surface area contributed by atoms with E-state index in [1.165, 1.54) is 0 Å². The van der Waals surface area contributed by atoms with Crippen molar-refractivity contribution in [2.24, 2.45) is 0 Å². The first-order chi connectivity index (χ1) is 9.24. The highest BCUT2D eigenvalue weighted by Crippen LogP contribution is 2.10. The van der Waals surface area contributed by atoms with Gasteiger partial charge in [-0.15, -0.1) is 11.3 Å². The van der Waals surface area contributed by atoms with Crippen LogP contribution in [0.4, 0.5) is 0 Å². The zero-order chi connectivity index (χ0) is 13.5. The van der Waals surface area contributed by atoms with Gasteiger partial charge in [-0.2, -0.15) is 0 Å². The monoisotopic (exact) mass is 299 g/mol. The van der Waals surface area contributed by atoms with Crippen LogP contribution in [0.25, 0.3) is 0 Å². The molecule has 1 aliphatic heterocycles. The van der Waals surface area contributed by atoms with Gasteiger partial charge in [0, 0.05) is 18.0 Å². The van der Waals surface area contributed by atoms with Crippen molar-refractivity contribution in [1.82, 2.24) is 16.2 Å². The van der Waals surface area contributed by atoms with E-state index in [0.717, 1.165) is 24.3 Å². The van der Waals surface area contributed by atoms with Crippen LogP contribution in [0.15, 0.2) is 17.5 Å². The lowest BCUT2D eigenvalue weighted by molar-refractivity contribution is -0.120. The molecule has 0 aliphatic carbocycles. The minimum Gasteiger partial charge on any atom is -0.376 e. The Bertz CT molecular complexity index is 417. The summed E-state index contributed by atoms with van der Waals surface area (Å²) in [7, 11) is 0. The van der Waals surface area contributed by atoms with Gasteiger partial charge in [0.05, 0.1) is 12.5 Å². The molecule has 2 rings (SSSR count). The highest BCUT2D eigenvalue weighted by atomic mass is 32.1. The molecule has 1 amide bonds. The number of carbonyl (C=O) groups is 1. The number of amides is 1. The van der Waals surface area contributed by atoms with E-state index in [1.807, 2.05) is 17.5 Å². The fourth-order valence-electron chi connectivity index (χ4n) is 1.80. The van der Waals surface area contributed by atoms with Crippen LogP contribution >= 0.6 is 23.6 Å². The number of thiophene rings is 1. The van der Waals surface area contributed by atoms with Gasteiger partial charge in [-0.05, 0) is 36.5 Å². The third-order valence-electron chi connectivity index (χ3n) is 2.74. The molecule has 7 heteroatoms. The van der Waals surface area contributed by atoms with Crippen LogP contribution in [-0.2, 0) is 16.0 Å². The molecule has 1 atom stereocenters. The number of thiocarbonyl (C=S) groups is 1. The second-order valence-corrected chi connectivity index (χ2v) is 5.71. The molecule has 0 bridgehead atoms. The lowest BCUT2D eigenvalue weighted by atomic mass is 10.2. The van der Waals surface area contributed by atoms with Crippen LogP contribution in [0.2, 0.25) is 0 Å². The molecule has 1 aromatic heterocycles. The fourth-order valence-corrected chi connectivity index (χ4v) is 2.64. The third-order valence-corrected chi connectivity index (χ3v) is 3.87. The number of hydrogen-bond acceptors (Lipinski definition) is 4. The van der Waals surface area contributed by atoms with Gasteiger partial charge in [-0.3, -0.25) is 15.6 Å². The third kappa shape index (κ3) is 5.14. The van der Waals surface area contributed by atoms with Crippen LogP contribution in [0.5, 0.6) is 0 Å². The number of rotatable bonds is 4. The highest BCUT2D eigenvalue weighted by Gasteiger charge is 2.15. The quantitative estimate of drug-likeness (QED) is 0.571. The Labute approximate surface area is 121 Å². The lowest BCUT2D eigenvalue weighted by Crippen LogP contribution is -2.48. The number of ether oxygens (including phenoxy) is 1. The molecule has 104 valence electrons. The molecule has 0 radical (unpaired) electrons. The van der Waals surface area contributed by atoms with Gasteiger partial charge in [0.2, 0.25) is 5.91 Å². The minimum atomic E-state index is -0.108. The van der Waals surface area contributed by atoms with Crippen LogP contribution < -0.4 is 16.2 Å². The molecule has 0 spiro atoms. The summed E-state index contributed by atoms with van der Waals surface area (Å²) in [6.45, 7) is 1.50. The van der Waals surface area contributed by atoms with E-state index in [-0.39, 0.29) is 12.0 Å². The molecule has 1 aliphatic rings. The summed E-state index contributed by atoms with van der Waals surface area (Å²) in [6, 6.07) is 3.85.